The minimum Gasteiger partial charge on any atom is -0.458 e. The third-order valence-electron chi connectivity index (χ3n) is 15.6. The number of fused-ring (bicyclic) bond motifs is 5. The summed E-state index contributed by atoms with van der Waals surface area (Å²) in [5.74, 6) is 0.0266. The lowest BCUT2D eigenvalue weighted by Crippen LogP contribution is -2.28. The first-order chi connectivity index (χ1) is 45.4. The van der Waals surface area contributed by atoms with E-state index in [-0.39, 0.29) is 47.1 Å². The number of aryl methyl sites for hydroxylation is 1. The number of aliphatic hydroxyl groups is 1. The summed E-state index contributed by atoms with van der Waals surface area (Å²) in [7, 11) is 0. The van der Waals surface area contributed by atoms with Crippen LogP contribution in [0.2, 0.25) is 5.02 Å². The van der Waals surface area contributed by atoms with E-state index in [1.54, 1.807) is 60.7 Å². The summed E-state index contributed by atoms with van der Waals surface area (Å²) >= 11 is 5.90. The van der Waals surface area contributed by atoms with E-state index in [9.17, 15) is 19.2 Å². The van der Waals surface area contributed by atoms with Crippen LogP contribution in [-0.2, 0) is 42.4 Å². The van der Waals surface area contributed by atoms with Gasteiger partial charge in [-0.05, 0) is 151 Å². The zero-order chi connectivity index (χ0) is 66.0. The molecule has 4 aliphatic rings. The predicted octanol–water partition coefficient (Wildman–Crippen LogP) is 12.8. The Kier molecular flexibility index (Phi) is 19.0. The number of cyclic esters (lactones) is 4. The summed E-state index contributed by atoms with van der Waals surface area (Å²) in [6.07, 6.45) is 11.8. The molecule has 1 fully saturated rings. The number of aromatic nitrogens is 7. The Hall–Kier alpha value is -12.0. The maximum absolute atomic E-state index is 11.9. The molecule has 6 heterocycles. The normalized spacial score (nSPS) is 15.9. The number of carbonyl (C=O) groups is 4. The van der Waals surface area contributed by atoms with Crippen molar-refractivity contribution in [2.24, 2.45) is 17.8 Å². The molecule has 4 aromatic heterocycles. The maximum atomic E-state index is 11.9. The van der Waals surface area contributed by atoms with Crippen molar-refractivity contribution in [3.05, 3.63) is 239 Å². The standard InChI is InChI=1S/C31H24O8.C14H14N2.C9H9N3O2.C8H6ClN3O.C8H7N3O/c1-31(2,17-3-7-19(8-4-17)36-21-11-13-23-25(15-21)29(34)38-27(23)32)18-5-9-20(10-6-18)37-22-12-14-24-26(16-22)30(35)39-28(24)33;1-2-16-13-6-4-3-5-11(13)12-9-10(15)7-8-14(12)16;10-9-12-11-8(14-9)7-3-1-6(5-13)2-4-7;9-6-4-2-1-3-5(6)7-11-12-8(10)13-7;9-8-11-10-7(12-8)6-4-2-1-3-5-6/h3-5,7-16,18,24,26H,6H2,1-2H3;3-9H,2,15H2,1H3;1-4,13H,5H2,(H2,10,12);1-4H,(H2,10,12);1-5H,(H2,9,11). The van der Waals surface area contributed by atoms with E-state index in [4.69, 9.17) is 67.1 Å². The number of halogens is 1. The number of aliphatic hydroxyl groups excluding tert-OH is 1. The number of hydrogen-bond donors (Lipinski definition) is 5. The molecule has 0 amide bonds. The van der Waals surface area contributed by atoms with Crippen LogP contribution in [0.25, 0.3) is 56.2 Å². The average molecular weight is 1280 g/mol. The third kappa shape index (κ3) is 14.5. The molecule has 0 bridgehead atoms. The Bertz CT molecular complexity index is 4720. The Morgan fingerprint density at radius 1 is 0.564 bits per heavy atom. The lowest BCUT2D eigenvalue weighted by molar-refractivity contribution is -0.153. The van der Waals surface area contributed by atoms with Crippen molar-refractivity contribution in [1.82, 2.24) is 35.2 Å². The Morgan fingerprint density at radius 2 is 1.16 bits per heavy atom. The number of ether oxygens (including phenoxy) is 4. The van der Waals surface area contributed by atoms with Crippen LogP contribution in [-0.4, -0.2) is 64.1 Å². The third-order valence-corrected chi connectivity index (χ3v) is 15.9. The highest BCUT2D eigenvalue weighted by molar-refractivity contribution is 6.33. The number of allylic oxidation sites excluding steroid dienone is 4. The summed E-state index contributed by atoms with van der Waals surface area (Å²) in [5.41, 5.74) is 29.6. The Labute approximate surface area is 541 Å². The molecule has 3 unspecified atom stereocenters. The van der Waals surface area contributed by atoms with Gasteiger partial charge in [0.05, 0.1) is 40.2 Å². The summed E-state index contributed by atoms with van der Waals surface area (Å²) < 4.78 is 38.6. The first kappa shape index (κ1) is 63.6. The molecule has 1 saturated heterocycles. The SMILES string of the molecule is CC(C)(c1ccc(Oc2ccc3c(c2)C(=O)OC3=O)cc1)C1C=CC(OC2=CC3C(=O)OC(=O)C3C=C2)=CC1.CCn1c2ccccc2c2cc(N)ccc21.Nc1nnc(-c2ccc(CO)cc2)o1.Nc1nnc(-c2ccccc2)o1.Nc1nnc(-c2ccccc2Cl)o1. The molecule has 3 atom stereocenters. The molecule has 0 radical (unpaired) electrons. The number of nitrogens with zero attached hydrogens (tertiary/aromatic N) is 7. The van der Waals surface area contributed by atoms with Crippen molar-refractivity contribution in [1.29, 1.82) is 0 Å². The van der Waals surface area contributed by atoms with Gasteiger partial charge in [-0.25, -0.2) is 9.59 Å². The fraction of sp³-hybridized carbons (Fsp3) is 0.143. The minimum atomic E-state index is -0.670. The van der Waals surface area contributed by atoms with E-state index in [1.807, 2.05) is 84.9 Å². The number of esters is 4. The van der Waals surface area contributed by atoms with Crippen LogP contribution in [0.5, 0.6) is 11.5 Å². The van der Waals surface area contributed by atoms with Crippen molar-refractivity contribution in [2.75, 3.05) is 22.9 Å². The van der Waals surface area contributed by atoms with Crippen LogP contribution in [0, 0.1) is 17.8 Å². The number of carbonyl (C=O) groups excluding carboxylic acids is 4. The predicted molar refractivity (Wildman–Crippen MR) is 350 cm³/mol. The molecule has 0 saturated carbocycles. The van der Waals surface area contributed by atoms with Gasteiger partial charge in [0.25, 0.3) is 5.89 Å². The van der Waals surface area contributed by atoms with Crippen LogP contribution < -0.4 is 27.7 Å². The zero-order valence-corrected chi connectivity index (χ0v) is 51.4. The molecule has 7 aromatic carbocycles. The molecule has 11 aromatic rings. The van der Waals surface area contributed by atoms with Gasteiger partial charge in [0.1, 0.15) is 23.0 Å². The zero-order valence-electron chi connectivity index (χ0n) is 50.7. The lowest BCUT2D eigenvalue weighted by atomic mass is 9.71. The number of anilines is 4. The van der Waals surface area contributed by atoms with Gasteiger partial charge in [0.2, 0.25) is 11.8 Å². The smallest absolute Gasteiger partial charge is 0.347 e. The van der Waals surface area contributed by atoms with Crippen LogP contribution in [0.4, 0.5) is 23.7 Å². The molecular weight excluding hydrogens is 1220 g/mol. The Morgan fingerprint density at radius 3 is 1.80 bits per heavy atom. The monoisotopic (exact) mass is 1280 g/mol. The van der Waals surface area contributed by atoms with Crippen molar-refractivity contribution >= 4 is 81.0 Å². The number of para-hydroxylation sites is 1. The van der Waals surface area contributed by atoms with Crippen molar-refractivity contribution < 1.29 is 56.5 Å². The topological polar surface area (TPSA) is 351 Å². The molecule has 2 aliphatic carbocycles. The number of nitrogens with two attached hydrogens (primary N) is 4. The fourth-order valence-corrected chi connectivity index (χ4v) is 10.8. The van der Waals surface area contributed by atoms with E-state index in [1.165, 1.54) is 33.9 Å². The fourth-order valence-electron chi connectivity index (χ4n) is 10.6. The van der Waals surface area contributed by atoms with Gasteiger partial charge >= 0.3 is 41.9 Å². The van der Waals surface area contributed by atoms with Crippen LogP contribution in [0.1, 0.15) is 59.0 Å². The van der Waals surface area contributed by atoms with Crippen molar-refractivity contribution in [3.63, 3.8) is 0 Å². The first-order valence-corrected chi connectivity index (χ1v) is 29.7. The lowest BCUT2D eigenvalue weighted by Gasteiger charge is -2.34. The van der Waals surface area contributed by atoms with E-state index in [0.29, 0.717) is 51.3 Å². The van der Waals surface area contributed by atoms with Gasteiger partial charge in [-0.2, -0.15) is 0 Å². The minimum absolute atomic E-state index is 0.0201. The second-order valence-corrected chi connectivity index (χ2v) is 22.3. The van der Waals surface area contributed by atoms with Crippen LogP contribution in [0.3, 0.4) is 0 Å². The van der Waals surface area contributed by atoms with Crippen LogP contribution in [0.15, 0.2) is 225 Å². The van der Waals surface area contributed by atoms with Crippen LogP contribution >= 0.6 is 11.6 Å². The molecule has 474 valence electrons. The highest BCUT2D eigenvalue weighted by atomic mass is 35.5. The maximum Gasteiger partial charge on any atom is 0.347 e. The summed E-state index contributed by atoms with van der Waals surface area (Å²) in [5, 5.41) is 33.8. The molecule has 23 nitrogen and oxygen atoms in total. The van der Waals surface area contributed by atoms with Gasteiger partial charge < -0.3 is 64.8 Å². The number of nitrogen functional groups attached to an aromatic ring is 4. The molecular formula is C70H60ClN11O12. The number of hydrogen-bond acceptors (Lipinski definition) is 22. The van der Waals surface area contributed by atoms with Gasteiger partial charge in [-0.15, -0.1) is 15.3 Å². The molecule has 2 aliphatic heterocycles. The molecule has 94 heavy (non-hydrogen) atoms. The molecule has 15 rings (SSSR count). The van der Waals surface area contributed by atoms with E-state index in [0.717, 1.165) is 40.9 Å². The van der Waals surface area contributed by atoms with Crippen molar-refractivity contribution in [3.8, 4) is 45.9 Å². The second kappa shape index (κ2) is 28.1. The van der Waals surface area contributed by atoms with Gasteiger partial charge in [0.15, 0.2) is 0 Å². The van der Waals surface area contributed by atoms with Gasteiger partial charge in [0, 0.05) is 45.2 Å². The molecule has 24 heteroatoms. The average Bonchev–Trinajstić information content (AvgIpc) is 1.58. The largest absolute Gasteiger partial charge is 0.458 e. The Balaban J connectivity index is 0.000000134. The second-order valence-electron chi connectivity index (χ2n) is 21.9. The molecule has 0 spiro atoms. The van der Waals surface area contributed by atoms with Gasteiger partial charge in [-0.1, -0.05) is 126 Å². The highest BCUT2D eigenvalue weighted by Gasteiger charge is 2.43. The summed E-state index contributed by atoms with van der Waals surface area (Å²) in [6.45, 7) is 7.52. The van der Waals surface area contributed by atoms with E-state index in [2.05, 4.69) is 103 Å². The summed E-state index contributed by atoms with van der Waals surface area (Å²) in [6, 6.07) is 51.0. The highest BCUT2D eigenvalue weighted by Crippen LogP contribution is 2.40. The molecule has 9 N–H and O–H groups in total. The van der Waals surface area contributed by atoms with Crippen molar-refractivity contribution in [2.45, 2.75) is 45.8 Å². The summed E-state index contributed by atoms with van der Waals surface area (Å²) in [4.78, 5) is 47.0. The quantitative estimate of drug-likeness (QED) is 0.0456. The first-order valence-electron chi connectivity index (χ1n) is 29.4. The van der Waals surface area contributed by atoms with E-state index >= 15 is 0 Å². The number of benzene rings is 7. The number of rotatable bonds is 11. The van der Waals surface area contributed by atoms with E-state index < -0.39 is 35.7 Å². The van der Waals surface area contributed by atoms with Gasteiger partial charge in [-0.3, -0.25) is 9.59 Å².